The van der Waals surface area contributed by atoms with Gasteiger partial charge in [0.1, 0.15) is 16.9 Å². The molecule has 1 amide bonds. The molecule has 1 N–H and O–H groups in total. The minimum atomic E-state index is -0.663. The number of benzene rings is 3. The number of amides is 1. The SMILES string of the molecule is COc1cc2c(cc1NC(=O)COC(=O)c1ccc(OC(C)C)c(OC)c1)oc1ccccc12. The van der Waals surface area contributed by atoms with Crippen molar-refractivity contribution in [3.8, 4) is 17.2 Å². The number of carbonyl (C=O) groups excluding carboxylic acids is 2. The van der Waals surface area contributed by atoms with Crippen LogP contribution in [0.15, 0.2) is 59.0 Å². The molecule has 1 aromatic heterocycles. The van der Waals surface area contributed by atoms with Gasteiger partial charge in [0, 0.05) is 16.8 Å². The predicted octanol–water partition coefficient (Wildman–Crippen LogP) is 5.19. The van der Waals surface area contributed by atoms with Gasteiger partial charge in [-0.1, -0.05) is 18.2 Å². The Hall–Kier alpha value is -4.20. The number of esters is 1. The Bertz CT molecular complexity index is 1360. The van der Waals surface area contributed by atoms with Crippen LogP contribution in [0.5, 0.6) is 17.2 Å². The lowest BCUT2D eigenvalue weighted by molar-refractivity contribution is -0.119. The van der Waals surface area contributed by atoms with Gasteiger partial charge in [-0.05, 0) is 44.2 Å². The van der Waals surface area contributed by atoms with Gasteiger partial charge < -0.3 is 28.7 Å². The quantitative estimate of drug-likeness (QED) is 0.359. The molecule has 0 radical (unpaired) electrons. The molecule has 0 bridgehead atoms. The highest BCUT2D eigenvalue weighted by Crippen LogP contribution is 2.36. The minimum absolute atomic E-state index is 0.0498. The maximum Gasteiger partial charge on any atom is 0.338 e. The first kappa shape index (κ1) is 23.0. The van der Waals surface area contributed by atoms with Gasteiger partial charge in [-0.2, -0.15) is 0 Å². The highest BCUT2D eigenvalue weighted by molar-refractivity contribution is 6.08. The Morgan fingerprint density at radius 1 is 0.882 bits per heavy atom. The van der Waals surface area contributed by atoms with E-state index in [4.69, 9.17) is 23.4 Å². The normalized spacial score (nSPS) is 11.0. The second kappa shape index (κ2) is 9.74. The van der Waals surface area contributed by atoms with Gasteiger partial charge in [-0.3, -0.25) is 4.79 Å². The predicted molar refractivity (Wildman–Crippen MR) is 128 cm³/mol. The maximum atomic E-state index is 12.5. The summed E-state index contributed by atoms with van der Waals surface area (Å²) in [6, 6.07) is 15.8. The van der Waals surface area contributed by atoms with Crippen molar-refractivity contribution < 1.29 is 33.0 Å². The maximum absolute atomic E-state index is 12.5. The Labute approximate surface area is 196 Å². The Kier molecular flexibility index (Phi) is 6.58. The molecule has 0 unspecified atom stereocenters. The Morgan fingerprint density at radius 2 is 1.65 bits per heavy atom. The van der Waals surface area contributed by atoms with Crippen LogP contribution in [0.25, 0.3) is 21.9 Å². The second-order valence-corrected chi connectivity index (χ2v) is 7.80. The monoisotopic (exact) mass is 463 g/mol. The molecule has 3 aromatic carbocycles. The first-order chi connectivity index (χ1) is 16.4. The molecule has 0 aliphatic rings. The van der Waals surface area contributed by atoms with Gasteiger partial charge in [0.05, 0.1) is 31.6 Å². The van der Waals surface area contributed by atoms with Crippen LogP contribution in [0.4, 0.5) is 5.69 Å². The smallest absolute Gasteiger partial charge is 0.338 e. The van der Waals surface area contributed by atoms with Gasteiger partial charge in [-0.15, -0.1) is 0 Å². The summed E-state index contributed by atoms with van der Waals surface area (Å²) >= 11 is 0. The molecule has 176 valence electrons. The van der Waals surface area contributed by atoms with E-state index in [0.29, 0.717) is 28.5 Å². The standard InChI is InChI=1S/C26H25NO7/c1-15(2)33-21-10-9-16(11-24(21)31-4)26(29)32-14-25(28)27-19-13-22-18(12-23(19)30-3)17-7-5-6-8-20(17)34-22/h5-13,15H,14H2,1-4H3,(H,27,28). The summed E-state index contributed by atoms with van der Waals surface area (Å²) in [6.45, 7) is 3.30. The number of ether oxygens (including phenoxy) is 4. The first-order valence-electron chi connectivity index (χ1n) is 10.7. The highest BCUT2D eigenvalue weighted by Gasteiger charge is 2.17. The largest absolute Gasteiger partial charge is 0.495 e. The van der Waals surface area contributed by atoms with Crippen LogP contribution in [0, 0.1) is 0 Å². The molecule has 8 nitrogen and oxygen atoms in total. The fraction of sp³-hybridized carbons (Fsp3) is 0.231. The van der Waals surface area contributed by atoms with Crippen molar-refractivity contribution in [2.45, 2.75) is 20.0 Å². The summed E-state index contributed by atoms with van der Waals surface area (Å²) in [7, 11) is 3.00. The molecule has 1 heterocycles. The van der Waals surface area contributed by atoms with Crippen molar-refractivity contribution in [1.29, 1.82) is 0 Å². The van der Waals surface area contributed by atoms with E-state index in [0.717, 1.165) is 16.4 Å². The van der Waals surface area contributed by atoms with E-state index in [1.807, 2.05) is 38.1 Å². The Balaban J connectivity index is 1.45. The second-order valence-electron chi connectivity index (χ2n) is 7.80. The minimum Gasteiger partial charge on any atom is -0.495 e. The van der Waals surface area contributed by atoms with Crippen LogP contribution in [0.2, 0.25) is 0 Å². The summed E-state index contributed by atoms with van der Waals surface area (Å²) in [5.74, 6) is 0.193. The molecule has 4 aromatic rings. The number of hydrogen-bond donors (Lipinski definition) is 1. The molecule has 0 saturated heterocycles. The number of hydrogen-bond acceptors (Lipinski definition) is 7. The zero-order chi connectivity index (χ0) is 24.2. The summed E-state index contributed by atoms with van der Waals surface area (Å²) in [5, 5.41) is 4.53. The molecule has 4 rings (SSSR count). The zero-order valence-corrected chi connectivity index (χ0v) is 19.3. The lowest BCUT2D eigenvalue weighted by Gasteiger charge is -2.14. The molecule has 0 fully saturated rings. The van der Waals surface area contributed by atoms with Crippen molar-refractivity contribution >= 4 is 39.5 Å². The van der Waals surface area contributed by atoms with Gasteiger partial charge in [-0.25, -0.2) is 4.79 Å². The molecule has 34 heavy (non-hydrogen) atoms. The van der Waals surface area contributed by atoms with Crippen molar-refractivity contribution in [2.24, 2.45) is 0 Å². The highest BCUT2D eigenvalue weighted by atomic mass is 16.5. The van der Waals surface area contributed by atoms with E-state index in [-0.39, 0.29) is 11.7 Å². The number of anilines is 1. The lowest BCUT2D eigenvalue weighted by atomic mass is 10.1. The topological polar surface area (TPSA) is 96.2 Å². The molecule has 0 atom stereocenters. The van der Waals surface area contributed by atoms with Crippen LogP contribution >= 0.6 is 0 Å². The van der Waals surface area contributed by atoms with Gasteiger partial charge >= 0.3 is 5.97 Å². The van der Waals surface area contributed by atoms with Crippen LogP contribution < -0.4 is 19.5 Å². The van der Waals surface area contributed by atoms with Crippen molar-refractivity contribution in [1.82, 2.24) is 0 Å². The molecular weight excluding hydrogens is 438 g/mol. The van der Waals surface area contributed by atoms with E-state index in [1.54, 1.807) is 24.3 Å². The van der Waals surface area contributed by atoms with E-state index >= 15 is 0 Å². The number of furan rings is 1. The number of nitrogens with one attached hydrogen (secondary N) is 1. The molecule has 0 aliphatic heterocycles. The average molecular weight is 463 g/mol. The molecular formula is C26H25NO7. The van der Waals surface area contributed by atoms with Crippen LogP contribution in [0.1, 0.15) is 24.2 Å². The van der Waals surface area contributed by atoms with Crippen LogP contribution in [-0.2, 0) is 9.53 Å². The van der Waals surface area contributed by atoms with Gasteiger partial charge in [0.15, 0.2) is 18.1 Å². The van der Waals surface area contributed by atoms with Gasteiger partial charge in [0.2, 0.25) is 0 Å². The van der Waals surface area contributed by atoms with E-state index in [1.165, 1.54) is 20.3 Å². The van der Waals surface area contributed by atoms with Crippen LogP contribution in [0.3, 0.4) is 0 Å². The summed E-state index contributed by atoms with van der Waals surface area (Å²) in [4.78, 5) is 25.0. The fourth-order valence-corrected chi connectivity index (χ4v) is 3.56. The van der Waals surface area contributed by atoms with Gasteiger partial charge in [0.25, 0.3) is 5.91 Å². The number of rotatable bonds is 8. The number of methoxy groups -OCH3 is 2. The molecule has 8 heteroatoms. The first-order valence-corrected chi connectivity index (χ1v) is 10.7. The van der Waals surface area contributed by atoms with E-state index in [2.05, 4.69) is 5.32 Å². The molecule has 0 aliphatic carbocycles. The molecule has 0 spiro atoms. The third-order valence-electron chi connectivity index (χ3n) is 5.07. The zero-order valence-electron chi connectivity index (χ0n) is 19.3. The number of fused-ring (bicyclic) bond motifs is 3. The van der Waals surface area contributed by atoms with E-state index in [9.17, 15) is 9.59 Å². The van der Waals surface area contributed by atoms with Crippen LogP contribution in [-0.4, -0.2) is 38.8 Å². The summed E-state index contributed by atoms with van der Waals surface area (Å²) in [6.07, 6.45) is -0.0498. The third-order valence-corrected chi connectivity index (χ3v) is 5.07. The third kappa shape index (κ3) is 4.76. The summed E-state index contributed by atoms with van der Waals surface area (Å²) < 4.78 is 27.4. The molecule has 0 saturated carbocycles. The number of para-hydroxylation sites is 1. The lowest BCUT2D eigenvalue weighted by Crippen LogP contribution is -2.21. The average Bonchev–Trinajstić information content (AvgIpc) is 3.19. The van der Waals surface area contributed by atoms with E-state index < -0.39 is 18.5 Å². The van der Waals surface area contributed by atoms with Crippen molar-refractivity contribution in [3.05, 3.63) is 60.2 Å². The number of carbonyl (C=O) groups is 2. The van der Waals surface area contributed by atoms with Crippen molar-refractivity contribution in [3.63, 3.8) is 0 Å². The van der Waals surface area contributed by atoms with Crippen molar-refractivity contribution in [2.75, 3.05) is 26.1 Å². The summed E-state index contributed by atoms with van der Waals surface area (Å²) in [5.41, 5.74) is 1.98. The fourth-order valence-electron chi connectivity index (χ4n) is 3.56. The Morgan fingerprint density at radius 3 is 2.38 bits per heavy atom.